The molecule has 1 aliphatic carbocycles. The van der Waals surface area contributed by atoms with Crippen LogP contribution in [0.3, 0.4) is 0 Å². The fourth-order valence-electron chi connectivity index (χ4n) is 3.86. The maximum absolute atomic E-state index is 12.6. The standard InChI is InChI=1S/C22H26N4O2S/c1-15-11-20(24-21(27)12-16-7-4-3-5-8-16)26(25-15)22-23-19(14-29-22)17-9-6-10-18(13-17)28-2/h6,9-11,13-14,16H,3-5,7-8,12H2,1-2H3,(H,24,27). The van der Waals surface area contributed by atoms with E-state index in [1.165, 1.54) is 30.6 Å². The molecule has 0 spiro atoms. The Morgan fingerprint density at radius 2 is 2.10 bits per heavy atom. The highest BCUT2D eigenvalue weighted by molar-refractivity contribution is 7.12. The minimum Gasteiger partial charge on any atom is -0.497 e. The van der Waals surface area contributed by atoms with Crippen molar-refractivity contribution in [2.24, 2.45) is 5.92 Å². The molecule has 0 radical (unpaired) electrons. The minimum absolute atomic E-state index is 0.0580. The predicted molar refractivity (Wildman–Crippen MR) is 116 cm³/mol. The van der Waals surface area contributed by atoms with Crippen molar-refractivity contribution in [3.05, 3.63) is 41.4 Å². The summed E-state index contributed by atoms with van der Waals surface area (Å²) in [4.78, 5) is 17.3. The molecule has 0 bridgehead atoms. The summed E-state index contributed by atoms with van der Waals surface area (Å²) in [5.41, 5.74) is 2.69. The topological polar surface area (TPSA) is 69.0 Å². The normalized spacial score (nSPS) is 14.7. The molecule has 6 nitrogen and oxygen atoms in total. The zero-order valence-electron chi connectivity index (χ0n) is 16.9. The Bertz CT molecular complexity index is 988. The van der Waals surface area contributed by atoms with Gasteiger partial charge in [0, 0.05) is 23.4 Å². The third kappa shape index (κ3) is 4.67. The molecule has 1 aromatic carbocycles. The molecular weight excluding hydrogens is 384 g/mol. The number of nitrogens with one attached hydrogen (secondary N) is 1. The van der Waals surface area contributed by atoms with Gasteiger partial charge in [-0.1, -0.05) is 31.4 Å². The van der Waals surface area contributed by atoms with Crippen molar-refractivity contribution in [3.63, 3.8) is 0 Å². The lowest BCUT2D eigenvalue weighted by atomic mass is 9.87. The minimum atomic E-state index is 0.0580. The Balaban J connectivity index is 1.52. The maximum atomic E-state index is 12.6. The number of thiazole rings is 1. The van der Waals surface area contributed by atoms with E-state index in [1.54, 1.807) is 11.8 Å². The van der Waals surface area contributed by atoms with Crippen LogP contribution in [-0.4, -0.2) is 27.8 Å². The molecule has 1 fully saturated rings. The summed E-state index contributed by atoms with van der Waals surface area (Å²) in [7, 11) is 1.65. The van der Waals surface area contributed by atoms with Gasteiger partial charge in [-0.15, -0.1) is 11.3 Å². The quantitative estimate of drug-likeness (QED) is 0.605. The van der Waals surface area contributed by atoms with E-state index >= 15 is 0 Å². The van der Waals surface area contributed by atoms with Crippen molar-refractivity contribution in [2.45, 2.75) is 45.4 Å². The lowest BCUT2D eigenvalue weighted by Gasteiger charge is -2.20. The third-order valence-electron chi connectivity index (χ3n) is 5.34. The molecule has 1 saturated carbocycles. The first kappa shape index (κ1) is 19.6. The van der Waals surface area contributed by atoms with E-state index in [-0.39, 0.29) is 5.91 Å². The Kier molecular flexibility index (Phi) is 5.94. The monoisotopic (exact) mass is 410 g/mol. The third-order valence-corrected chi connectivity index (χ3v) is 6.15. The summed E-state index contributed by atoms with van der Waals surface area (Å²) in [5.74, 6) is 2.03. The number of ether oxygens (including phenoxy) is 1. The second kappa shape index (κ2) is 8.78. The smallest absolute Gasteiger partial charge is 0.225 e. The van der Waals surface area contributed by atoms with Gasteiger partial charge in [0.15, 0.2) is 0 Å². The molecule has 1 amide bonds. The highest BCUT2D eigenvalue weighted by Crippen LogP contribution is 2.29. The van der Waals surface area contributed by atoms with Crippen molar-refractivity contribution in [1.82, 2.24) is 14.8 Å². The van der Waals surface area contributed by atoms with E-state index in [9.17, 15) is 4.79 Å². The number of carbonyl (C=O) groups is 1. The predicted octanol–water partition coefficient (Wildman–Crippen LogP) is 5.22. The molecule has 0 aliphatic heterocycles. The highest BCUT2D eigenvalue weighted by Gasteiger charge is 2.19. The molecule has 2 heterocycles. The number of nitrogens with zero attached hydrogens (tertiary/aromatic N) is 3. The van der Waals surface area contributed by atoms with Crippen LogP contribution in [-0.2, 0) is 4.79 Å². The SMILES string of the molecule is COc1cccc(-c2csc(-n3nc(C)cc3NC(=O)CC3CCCCC3)n2)c1. The van der Waals surface area contributed by atoms with Crippen LogP contribution in [0, 0.1) is 12.8 Å². The first-order valence-electron chi connectivity index (χ1n) is 10.1. The summed E-state index contributed by atoms with van der Waals surface area (Å²) in [6, 6.07) is 9.71. The van der Waals surface area contributed by atoms with Gasteiger partial charge in [0.25, 0.3) is 0 Å². The molecule has 29 heavy (non-hydrogen) atoms. The van der Waals surface area contributed by atoms with Crippen LogP contribution in [0.5, 0.6) is 5.75 Å². The molecule has 152 valence electrons. The van der Waals surface area contributed by atoms with E-state index in [0.29, 0.717) is 18.2 Å². The highest BCUT2D eigenvalue weighted by atomic mass is 32.1. The lowest BCUT2D eigenvalue weighted by Crippen LogP contribution is -2.19. The fraction of sp³-hybridized carbons (Fsp3) is 0.409. The van der Waals surface area contributed by atoms with Gasteiger partial charge in [0.05, 0.1) is 18.5 Å². The van der Waals surface area contributed by atoms with Gasteiger partial charge in [-0.05, 0) is 37.8 Å². The number of benzene rings is 1. The number of hydrogen-bond donors (Lipinski definition) is 1. The van der Waals surface area contributed by atoms with Gasteiger partial charge >= 0.3 is 0 Å². The summed E-state index contributed by atoms with van der Waals surface area (Å²) in [6.07, 6.45) is 6.66. The molecule has 1 N–H and O–H groups in total. The van der Waals surface area contributed by atoms with E-state index in [0.717, 1.165) is 40.7 Å². The molecule has 2 aromatic heterocycles. The molecule has 1 aliphatic rings. The van der Waals surface area contributed by atoms with Crippen molar-refractivity contribution in [1.29, 1.82) is 0 Å². The number of rotatable bonds is 6. The van der Waals surface area contributed by atoms with Crippen LogP contribution in [0.4, 0.5) is 5.82 Å². The largest absolute Gasteiger partial charge is 0.497 e. The van der Waals surface area contributed by atoms with E-state index in [2.05, 4.69) is 10.4 Å². The molecule has 0 saturated heterocycles. The number of carbonyl (C=O) groups excluding carboxylic acids is 1. The maximum Gasteiger partial charge on any atom is 0.225 e. The lowest BCUT2D eigenvalue weighted by molar-refractivity contribution is -0.117. The summed E-state index contributed by atoms with van der Waals surface area (Å²) < 4.78 is 7.03. The first-order chi connectivity index (χ1) is 14.1. The zero-order valence-corrected chi connectivity index (χ0v) is 17.7. The van der Waals surface area contributed by atoms with Crippen LogP contribution in [0.1, 0.15) is 44.2 Å². The number of anilines is 1. The molecule has 4 rings (SSSR count). The van der Waals surface area contributed by atoms with Crippen LogP contribution < -0.4 is 10.1 Å². The Hall–Kier alpha value is -2.67. The number of amides is 1. The molecule has 3 aromatic rings. The fourth-order valence-corrected chi connectivity index (χ4v) is 4.65. The van der Waals surface area contributed by atoms with Gasteiger partial charge in [-0.2, -0.15) is 9.78 Å². The average molecular weight is 411 g/mol. The summed E-state index contributed by atoms with van der Waals surface area (Å²) in [5, 5.41) is 10.3. The molecular formula is C22H26N4O2S. The Morgan fingerprint density at radius 3 is 2.90 bits per heavy atom. The van der Waals surface area contributed by atoms with Crippen LogP contribution in [0.15, 0.2) is 35.7 Å². The summed E-state index contributed by atoms with van der Waals surface area (Å²) in [6.45, 7) is 1.92. The van der Waals surface area contributed by atoms with Crippen LogP contribution >= 0.6 is 11.3 Å². The van der Waals surface area contributed by atoms with Crippen molar-refractivity contribution in [3.8, 4) is 22.1 Å². The van der Waals surface area contributed by atoms with Crippen molar-refractivity contribution >= 4 is 23.1 Å². The van der Waals surface area contributed by atoms with Crippen molar-refractivity contribution in [2.75, 3.05) is 12.4 Å². The Labute approximate surface area is 174 Å². The molecule has 7 heteroatoms. The number of methoxy groups -OCH3 is 1. The van der Waals surface area contributed by atoms with Crippen LogP contribution in [0.2, 0.25) is 0 Å². The molecule has 0 unspecified atom stereocenters. The van der Waals surface area contributed by atoms with Gasteiger partial charge in [-0.3, -0.25) is 4.79 Å². The summed E-state index contributed by atoms with van der Waals surface area (Å²) >= 11 is 1.50. The van der Waals surface area contributed by atoms with Gasteiger partial charge in [-0.25, -0.2) is 4.98 Å². The van der Waals surface area contributed by atoms with Crippen LogP contribution in [0.25, 0.3) is 16.4 Å². The number of hydrogen-bond acceptors (Lipinski definition) is 5. The zero-order chi connectivity index (χ0) is 20.2. The van der Waals surface area contributed by atoms with Gasteiger partial charge in [0.1, 0.15) is 11.6 Å². The first-order valence-corrected chi connectivity index (χ1v) is 11.0. The molecule has 0 atom stereocenters. The van der Waals surface area contributed by atoms with Gasteiger partial charge in [0.2, 0.25) is 11.0 Å². The number of aromatic nitrogens is 3. The average Bonchev–Trinajstić information content (AvgIpc) is 3.35. The van der Waals surface area contributed by atoms with E-state index in [4.69, 9.17) is 9.72 Å². The van der Waals surface area contributed by atoms with Gasteiger partial charge < -0.3 is 10.1 Å². The number of aryl methyl sites for hydroxylation is 1. The van der Waals surface area contributed by atoms with Crippen molar-refractivity contribution < 1.29 is 9.53 Å². The van der Waals surface area contributed by atoms with E-state index < -0.39 is 0 Å². The second-order valence-electron chi connectivity index (χ2n) is 7.59. The Morgan fingerprint density at radius 1 is 1.28 bits per heavy atom. The van der Waals surface area contributed by atoms with E-state index in [1.807, 2.05) is 42.6 Å². The second-order valence-corrected chi connectivity index (χ2v) is 8.42.